The van der Waals surface area contributed by atoms with Crippen molar-refractivity contribution < 1.29 is 19.1 Å². The van der Waals surface area contributed by atoms with E-state index in [1.165, 1.54) is 17.8 Å². The first kappa shape index (κ1) is 19.9. The largest absolute Gasteiger partial charge is 0.496 e. The molecule has 6 nitrogen and oxygen atoms in total. The number of allylic oxidation sites excluding steroid dienone is 1. The number of hydrogen-bond acceptors (Lipinski definition) is 6. The predicted octanol–water partition coefficient (Wildman–Crippen LogP) is 3.42. The van der Waals surface area contributed by atoms with Gasteiger partial charge in [-0.05, 0) is 13.0 Å². The highest BCUT2D eigenvalue weighted by atomic mass is 32.2. The van der Waals surface area contributed by atoms with Gasteiger partial charge in [0, 0.05) is 17.7 Å². The van der Waals surface area contributed by atoms with Crippen LogP contribution in [0.15, 0.2) is 59.3 Å². The molecular weight excluding hydrogens is 376 g/mol. The molecule has 1 fully saturated rings. The van der Waals surface area contributed by atoms with Crippen molar-refractivity contribution in [1.29, 1.82) is 0 Å². The first-order valence-corrected chi connectivity index (χ1v) is 9.89. The number of carbonyl (C=O) groups is 2. The van der Waals surface area contributed by atoms with Crippen LogP contribution in [0.25, 0.3) is 6.08 Å². The lowest BCUT2D eigenvalue weighted by atomic mass is 10.00. The van der Waals surface area contributed by atoms with Gasteiger partial charge in [-0.2, -0.15) is 0 Å². The van der Waals surface area contributed by atoms with Gasteiger partial charge in [-0.1, -0.05) is 54.8 Å². The number of methoxy groups -OCH3 is 1. The molecule has 2 heterocycles. The number of ether oxygens (including phenoxy) is 2. The average molecular weight is 398 g/mol. The molecule has 146 valence electrons. The lowest BCUT2D eigenvalue weighted by Gasteiger charge is -2.37. The normalized spacial score (nSPS) is 19.4. The maximum Gasteiger partial charge on any atom is 0.338 e. The molecule has 0 N–H and O–H groups in total. The van der Waals surface area contributed by atoms with Gasteiger partial charge in [0.1, 0.15) is 12.4 Å². The second-order valence-electron chi connectivity index (χ2n) is 6.19. The molecule has 2 aliphatic rings. The van der Waals surface area contributed by atoms with Gasteiger partial charge in [-0.15, -0.1) is 0 Å². The number of benzene rings is 1. The maximum atomic E-state index is 12.7. The topological polar surface area (TPSA) is 68.2 Å². The van der Waals surface area contributed by atoms with Gasteiger partial charge >= 0.3 is 5.97 Å². The summed E-state index contributed by atoms with van der Waals surface area (Å²) in [6, 6.07) is 6.96. The van der Waals surface area contributed by atoms with Crippen molar-refractivity contribution >= 4 is 34.9 Å². The van der Waals surface area contributed by atoms with Gasteiger partial charge < -0.3 is 9.47 Å². The molecule has 28 heavy (non-hydrogen) atoms. The molecular formula is C21H22N2O4S. The van der Waals surface area contributed by atoms with Crippen LogP contribution >= 0.6 is 11.8 Å². The summed E-state index contributed by atoms with van der Waals surface area (Å²) in [6.07, 6.45) is 5.58. The molecule has 1 unspecified atom stereocenters. The minimum atomic E-state index is -0.588. The Balaban J connectivity index is 2.02. The van der Waals surface area contributed by atoms with Crippen molar-refractivity contribution in [1.82, 2.24) is 4.90 Å². The zero-order valence-corrected chi connectivity index (χ0v) is 16.7. The fourth-order valence-corrected chi connectivity index (χ4v) is 4.11. The predicted molar refractivity (Wildman–Crippen MR) is 111 cm³/mol. The summed E-state index contributed by atoms with van der Waals surface area (Å²) in [6.45, 7) is 5.43. The highest BCUT2D eigenvalue weighted by molar-refractivity contribution is 8.14. The molecule has 0 saturated carbocycles. The summed E-state index contributed by atoms with van der Waals surface area (Å²) in [4.78, 5) is 31.4. The third kappa shape index (κ3) is 4.04. The summed E-state index contributed by atoms with van der Waals surface area (Å²) in [5.41, 5.74) is 1.76. The molecule has 1 amide bonds. The van der Waals surface area contributed by atoms with E-state index in [0.717, 1.165) is 5.56 Å². The number of aliphatic imine (C=N–C) groups is 1. The maximum absolute atomic E-state index is 12.7. The van der Waals surface area contributed by atoms with Gasteiger partial charge in [0.05, 0.1) is 24.4 Å². The minimum absolute atomic E-state index is 0.0614. The zero-order chi connectivity index (χ0) is 20.1. The second kappa shape index (κ2) is 8.93. The average Bonchev–Trinajstić information content (AvgIpc) is 2.70. The standard InChI is InChI=1S/C21H22N2O4S/c1-4-12-27-20(25)19-14(2)22-21-23(18(24)11-13-28-21)16(19)10-9-15-7-5-6-8-17(15)26-3/h4-10,16H,1,11-13H2,2-3H3. The SMILES string of the molecule is C=CCOC(=O)C1=C(C)N=C2SCCC(=O)N2C1C=Cc1ccccc1OC. The zero-order valence-electron chi connectivity index (χ0n) is 15.9. The van der Waals surface area contributed by atoms with Gasteiger partial charge in [-0.25, -0.2) is 9.79 Å². The number of amides is 1. The number of esters is 1. The molecule has 1 saturated heterocycles. The summed E-state index contributed by atoms with van der Waals surface area (Å²) in [5.74, 6) is 0.826. The van der Waals surface area contributed by atoms with Gasteiger partial charge in [-0.3, -0.25) is 9.69 Å². The number of thioether (sulfide) groups is 1. The Labute approximate surface area is 168 Å². The van der Waals surface area contributed by atoms with Gasteiger partial charge in [0.2, 0.25) is 5.91 Å². The molecule has 0 radical (unpaired) electrons. The molecule has 1 aromatic rings. The first-order chi connectivity index (χ1) is 13.6. The molecule has 0 bridgehead atoms. The third-order valence-corrected chi connectivity index (χ3v) is 5.35. The Morgan fingerprint density at radius 3 is 2.96 bits per heavy atom. The fraction of sp³-hybridized carbons (Fsp3) is 0.286. The molecule has 3 rings (SSSR count). The summed E-state index contributed by atoms with van der Waals surface area (Å²) >= 11 is 1.51. The van der Waals surface area contributed by atoms with Crippen LogP contribution in [-0.4, -0.2) is 47.5 Å². The van der Waals surface area contributed by atoms with E-state index in [1.54, 1.807) is 18.9 Å². The van der Waals surface area contributed by atoms with E-state index >= 15 is 0 Å². The highest BCUT2D eigenvalue weighted by Gasteiger charge is 2.39. The van der Waals surface area contributed by atoms with E-state index < -0.39 is 12.0 Å². The van der Waals surface area contributed by atoms with Crippen molar-refractivity contribution in [2.45, 2.75) is 19.4 Å². The van der Waals surface area contributed by atoms with E-state index in [1.807, 2.05) is 36.4 Å². The molecule has 1 aromatic carbocycles. The fourth-order valence-electron chi connectivity index (χ4n) is 3.10. The van der Waals surface area contributed by atoms with Crippen LogP contribution < -0.4 is 4.74 Å². The number of carbonyl (C=O) groups excluding carboxylic acids is 2. The van der Waals surface area contributed by atoms with Crippen LogP contribution in [0.3, 0.4) is 0 Å². The van der Waals surface area contributed by atoms with Crippen LogP contribution in [0, 0.1) is 0 Å². The van der Waals surface area contributed by atoms with E-state index in [4.69, 9.17) is 9.47 Å². The molecule has 0 spiro atoms. The number of fused-ring (bicyclic) bond motifs is 1. The smallest absolute Gasteiger partial charge is 0.338 e. The quantitative estimate of drug-likeness (QED) is 0.543. The Bertz CT molecular complexity index is 888. The monoisotopic (exact) mass is 398 g/mol. The molecule has 7 heteroatoms. The van der Waals surface area contributed by atoms with Gasteiger partial charge in [0.15, 0.2) is 5.17 Å². The Kier molecular flexibility index (Phi) is 6.36. The van der Waals surface area contributed by atoms with Crippen molar-refractivity contribution in [3.05, 3.63) is 59.8 Å². The van der Waals surface area contributed by atoms with Crippen LogP contribution in [0.4, 0.5) is 0 Å². The summed E-state index contributed by atoms with van der Waals surface area (Å²) in [5, 5.41) is 0.615. The Morgan fingerprint density at radius 2 is 2.21 bits per heavy atom. The number of rotatable bonds is 6. The lowest BCUT2D eigenvalue weighted by Crippen LogP contribution is -2.49. The highest BCUT2D eigenvalue weighted by Crippen LogP contribution is 2.33. The van der Waals surface area contributed by atoms with E-state index in [9.17, 15) is 9.59 Å². The Hall–Kier alpha value is -2.80. The van der Waals surface area contributed by atoms with E-state index in [0.29, 0.717) is 34.4 Å². The van der Waals surface area contributed by atoms with Gasteiger partial charge in [0.25, 0.3) is 0 Å². The summed E-state index contributed by atoms with van der Waals surface area (Å²) < 4.78 is 10.6. The van der Waals surface area contributed by atoms with E-state index in [2.05, 4.69) is 11.6 Å². The number of nitrogens with zero attached hydrogens (tertiary/aromatic N) is 2. The molecule has 1 atom stereocenters. The van der Waals surface area contributed by atoms with Crippen LogP contribution in [0.2, 0.25) is 0 Å². The Morgan fingerprint density at radius 1 is 1.43 bits per heavy atom. The third-order valence-electron chi connectivity index (χ3n) is 4.40. The van der Waals surface area contributed by atoms with Crippen LogP contribution in [0.1, 0.15) is 18.9 Å². The second-order valence-corrected chi connectivity index (χ2v) is 7.25. The van der Waals surface area contributed by atoms with Crippen LogP contribution in [0.5, 0.6) is 5.75 Å². The molecule has 2 aliphatic heterocycles. The van der Waals surface area contributed by atoms with Crippen molar-refractivity contribution in [3.63, 3.8) is 0 Å². The van der Waals surface area contributed by atoms with Crippen LogP contribution in [-0.2, 0) is 14.3 Å². The number of amidine groups is 1. The summed E-state index contributed by atoms with van der Waals surface area (Å²) in [7, 11) is 1.60. The van der Waals surface area contributed by atoms with E-state index in [-0.39, 0.29) is 12.5 Å². The lowest BCUT2D eigenvalue weighted by molar-refractivity contribution is -0.138. The number of hydrogen-bond donors (Lipinski definition) is 0. The number of para-hydroxylation sites is 1. The molecule has 0 aromatic heterocycles. The minimum Gasteiger partial charge on any atom is -0.496 e. The van der Waals surface area contributed by atoms with Crippen molar-refractivity contribution in [2.24, 2.45) is 4.99 Å². The molecule has 0 aliphatic carbocycles. The van der Waals surface area contributed by atoms with Crippen molar-refractivity contribution in [3.8, 4) is 5.75 Å². The van der Waals surface area contributed by atoms with Crippen molar-refractivity contribution in [2.75, 3.05) is 19.5 Å². The first-order valence-electron chi connectivity index (χ1n) is 8.90.